The largest absolute Gasteiger partial charge is 1.00 e. The molecule has 11 heavy (non-hydrogen) atoms. The van der Waals surface area contributed by atoms with Gasteiger partial charge in [-0.3, -0.25) is 0 Å². The van der Waals surface area contributed by atoms with Gasteiger partial charge in [0.2, 0.25) is 0 Å². The van der Waals surface area contributed by atoms with E-state index in [2.05, 4.69) is 4.98 Å². The molecular weight excluding hydrogens is 162 g/mol. The first-order valence-electron chi connectivity index (χ1n) is 2.51. The van der Waals surface area contributed by atoms with Gasteiger partial charge in [-0.1, -0.05) is 11.6 Å². The fourth-order valence-corrected chi connectivity index (χ4v) is 0.707. The second-order valence-electron chi connectivity index (χ2n) is 1.75. The fraction of sp³-hybridized carbons (Fsp3) is 0.200. The first-order valence-corrected chi connectivity index (χ1v) is 2.89. The Balaban J connectivity index is 0.000001000. The number of imidazole rings is 1. The van der Waals surface area contributed by atoms with Crippen LogP contribution in [-0.2, 0) is 7.05 Å². The van der Waals surface area contributed by atoms with Gasteiger partial charge in [0.25, 0.3) is 0 Å². The summed E-state index contributed by atoms with van der Waals surface area (Å²) in [6.45, 7) is 0. The third-order valence-corrected chi connectivity index (χ3v) is 1.47. The maximum absolute atomic E-state index is 10.2. The van der Waals surface area contributed by atoms with Gasteiger partial charge in [0.1, 0.15) is 11.1 Å². The third kappa shape index (κ3) is 2.00. The molecule has 0 unspecified atom stereocenters. The van der Waals surface area contributed by atoms with Crippen molar-refractivity contribution in [3.63, 3.8) is 0 Å². The van der Waals surface area contributed by atoms with E-state index in [0.717, 1.165) is 0 Å². The Morgan fingerprint density at radius 2 is 2.36 bits per heavy atom. The van der Waals surface area contributed by atoms with Crippen molar-refractivity contribution in [2.24, 2.45) is 7.05 Å². The summed E-state index contributed by atoms with van der Waals surface area (Å²) in [6.07, 6.45) is 1.26. The Bertz CT molecular complexity index is 273. The molecule has 0 spiro atoms. The zero-order valence-electron chi connectivity index (χ0n) is 6.17. The van der Waals surface area contributed by atoms with Gasteiger partial charge in [-0.05, 0) is 0 Å². The van der Waals surface area contributed by atoms with E-state index in [0.29, 0.717) is 0 Å². The van der Waals surface area contributed by atoms with Crippen molar-refractivity contribution in [2.75, 3.05) is 0 Å². The van der Waals surface area contributed by atoms with E-state index >= 15 is 0 Å². The predicted molar refractivity (Wildman–Crippen MR) is 32.5 cm³/mol. The number of carbonyl (C=O) groups is 1. The Kier molecular flexibility index (Phi) is 3.67. The van der Waals surface area contributed by atoms with E-state index in [-0.39, 0.29) is 29.8 Å². The summed E-state index contributed by atoms with van der Waals surface area (Å²) in [7, 11) is 1.50. The number of carbonyl (C=O) groups excluding carboxylic acids is 1. The molecule has 4 nitrogen and oxygen atoms in total. The van der Waals surface area contributed by atoms with Crippen molar-refractivity contribution in [1.82, 2.24) is 9.55 Å². The van der Waals surface area contributed by atoms with E-state index in [1.807, 2.05) is 0 Å². The summed E-state index contributed by atoms with van der Waals surface area (Å²) < 4.78 is 1.23. The summed E-state index contributed by atoms with van der Waals surface area (Å²) in [5.41, 5.74) is 0. The van der Waals surface area contributed by atoms with Gasteiger partial charge < -0.3 is 14.5 Å². The number of aromatic nitrogens is 2. The minimum Gasteiger partial charge on any atom is -0.542 e. The number of carboxylic acids is 1. The zero-order chi connectivity index (χ0) is 7.72. The average molecular weight is 166 g/mol. The second kappa shape index (κ2) is 3.82. The fourth-order valence-electron chi connectivity index (χ4n) is 0.578. The molecule has 1 aromatic rings. The molecule has 0 bridgehead atoms. The number of halogens is 1. The number of carboxylic acid groups (broad SMARTS) is 1. The van der Waals surface area contributed by atoms with Crippen LogP contribution in [0, 0.1) is 0 Å². The molecule has 0 atom stereocenters. The minimum absolute atomic E-state index is 0. The Labute approximate surface area is 80.4 Å². The van der Waals surface area contributed by atoms with Crippen LogP contribution in [0.25, 0.3) is 0 Å². The zero-order valence-corrected chi connectivity index (χ0v) is 6.92. The van der Waals surface area contributed by atoms with Crippen LogP contribution in [0.5, 0.6) is 0 Å². The summed E-state index contributed by atoms with van der Waals surface area (Å²) >= 11 is 5.48. The summed E-state index contributed by atoms with van der Waals surface area (Å²) in [4.78, 5) is 13.7. The molecule has 0 fully saturated rings. The molecule has 54 valence electrons. The van der Waals surface area contributed by atoms with E-state index in [1.165, 1.54) is 17.8 Å². The summed E-state index contributed by atoms with van der Waals surface area (Å²) in [5.74, 6) is -1.49. The van der Waals surface area contributed by atoms with Crippen molar-refractivity contribution >= 4 is 17.6 Å². The standard InChI is InChI=1S/C5H5ClN2O2.Li/c1-8-3(6)2-7-4(8)5(9)10;/h2H,1H3,(H,9,10);/q;+1/p-1. The second-order valence-corrected chi connectivity index (χ2v) is 2.14. The quantitative estimate of drug-likeness (QED) is 0.406. The SMILES string of the molecule is Cn1c(Cl)cnc1C(=O)[O-].[Li+]. The Hall–Kier alpha value is -0.433. The summed E-state index contributed by atoms with van der Waals surface area (Å²) in [6, 6.07) is 0. The molecule has 1 aromatic heterocycles. The predicted octanol–water partition coefficient (Wildman–Crippen LogP) is -3.56. The smallest absolute Gasteiger partial charge is 0.542 e. The molecule has 0 N–H and O–H groups in total. The van der Waals surface area contributed by atoms with Crippen LogP contribution < -0.4 is 24.0 Å². The van der Waals surface area contributed by atoms with E-state index in [1.54, 1.807) is 0 Å². The minimum atomic E-state index is -1.32. The maximum atomic E-state index is 10.2. The first kappa shape index (κ1) is 10.6. The third-order valence-electron chi connectivity index (χ3n) is 1.11. The van der Waals surface area contributed by atoms with Crippen LogP contribution in [0.2, 0.25) is 5.15 Å². The van der Waals surface area contributed by atoms with E-state index in [4.69, 9.17) is 11.6 Å². The number of hydrogen-bond acceptors (Lipinski definition) is 3. The van der Waals surface area contributed by atoms with Gasteiger partial charge in [0.05, 0.1) is 6.20 Å². The first-order chi connectivity index (χ1) is 4.63. The molecule has 0 aromatic carbocycles. The molecule has 0 amide bonds. The molecule has 0 saturated heterocycles. The van der Waals surface area contributed by atoms with Crippen LogP contribution in [-0.4, -0.2) is 15.5 Å². The number of rotatable bonds is 1. The van der Waals surface area contributed by atoms with Gasteiger partial charge in [-0.25, -0.2) is 4.98 Å². The molecule has 0 aliphatic heterocycles. The van der Waals surface area contributed by atoms with Gasteiger partial charge in [0, 0.05) is 7.05 Å². The molecule has 1 rings (SSSR count). The van der Waals surface area contributed by atoms with Crippen molar-refractivity contribution < 1.29 is 28.8 Å². The Morgan fingerprint density at radius 1 is 1.82 bits per heavy atom. The van der Waals surface area contributed by atoms with Crippen molar-refractivity contribution in [2.45, 2.75) is 0 Å². The van der Waals surface area contributed by atoms with Crippen molar-refractivity contribution in [1.29, 1.82) is 0 Å². The van der Waals surface area contributed by atoms with Gasteiger partial charge in [-0.2, -0.15) is 0 Å². The topological polar surface area (TPSA) is 58.0 Å². The molecule has 0 aliphatic carbocycles. The van der Waals surface area contributed by atoms with Crippen LogP contribution in [0.1, 0.15) is 10.6 Å². The van der Waals surface area contributed by atoms with Crippen LogP contribution in [0.4, 0.5) is 0 Å². The van der Waals surface area contributed by atoms with Crippen molar-refractivity contribution in [3.8, 4) is 0 Å². The summed E-state index contributed by atoms with van der Waals surface area (Å²) in [5, 5.41) is 10.5. The molecule has 0 aliphatic rings. The molecule has 1 heterocycles. The number of hydrogen-bond donors (Lipinski definition) is 0. The van der Waals surface area contributed by atoms with E-state index in [9.17, 15) is 9.90 Å². The number of aromatic carboxylic acids is 1. The molecule has 0 radical (unpaired) electrons. The van der Waals surface area contributed by atoms with E-state index < -0.39 is 5.97 Å². The van der Waals surface area contributed by atoms with Gasteiger partial charge >= 0.3 is 18.9 Å². The normalized spacial score (nSPS) is 8.91. The molecule has 0 saturated carbocycles. The monoisotopic (exact) mass is 166 g/mol. The van der Waals surface area contributed by atoms with Gasteiger partial charge in [-0.15, -0.1) is 0 Å². The average Bonchev–Trinajstić information content (AvgIpc) is 2.14. The maximum Gasteiger partial charge on any atom is 1.00 e. The molecule has 6 heteroatoms. The van der Waals surface area contributed by atoms with Crippen LogP contribution in [0.15, 0.2) is 6.20 Å². The number of nitrogens with zero attached hydrogens (tertiary/aromatic N) is 2. The Morgan fingerprint density at radius 3 is 2.55 bits per heavy atom. The van der Waals surface area contributed by atoms with Gasteiger partial charge in [0.15, 0.2) is 5.82 Å². The van der Waals surface area contributed by atoms with Crippen molar-refractivity contribution in [3.05, 3.63) is 17.2 Å². The van der Waals surface area contributed by atoms with Crippen LogP contribution in [0.3, 0.4) is 0 Å². The molecular formula is C5H4ClLiN2O2. The van der Waals surface area contributed by atoms with Crippen LogP contribution >= 0.6 is 11.6 Å².